The Bertz CT molecular complexity index is 1180. The first-order valence-corrected chi connectivity index (χ1v) is 10.7. The maximum atomic E-state index is 13.4. The Balaban J connectivity index is 1.43. The third kappa shape index (κ3) is 3.97. The number of carbonyl (C=O) groups is 2. The van der Waals surface area contributed by atoms with Gasteiger partial charge in [0.25, 0.3) is 5.91 Å². The van der Waals surface area contributed by atoms with E-state index in [9.17, 15) is 14.0 Å². The van der Waals surface area contributed by atoms with Crippen molar-refractivity contribution in [2.75, 3.05) is 34.9 Å². The van der Waals surface area contributed by atoms with Crippen molar-refractivity contribution in [2.24, 2.45) is 0 Å². The van der Waals surface area contributed by atoms with Gasteiger partial charge in [-0.15, -0.1) is 0 Å². The second-order valence-corrected chi connectivity index (χ2v) is 8.16. The minimum atomic E-state index is -0.675. The molecule has 3 aromatic rings. The van der Waals surface area contributed by atoms with E-state index in [1.54, 1.807) is 42.4 Å². The summed E-state index contributed by atoms with van der Waals surface area (Å²) in [6, 6.07) is 7.71. The van der Waals surface area contributed by atoms with Gasteiger partial charge in [0.05, 0.1) is 23.5 Å². The van der Waals surface area contributed by atoms with Crippen molar-refractivity contribution in [3.63, 3.8) is 0 Å². The van der Waals surface area contributed by atoms with Crippen molar-refractivity contribution in [3.8, 4) is 11.3 Å². The number of nitrogens with zero attached hydrogens (tertiary/aromatic N) is 5. The molecular formula is C22H23FN8O2. The van der Waals surface area contributed by atoms with Crippen LogP contribution in [-0.2, 0) is 0 Å². The first kappa shape index (κ1) is 20.9. The Morgan fingerprint density at radius 3 is 2.94 bits per heavy atom. The van der Waals surface area contributed by atoms with Crippen LogP contribution < -0.4 is 20.4 Å². The van der Waals surface area contributed by atoms with E-state index in [0.717, 1.165) is 29.9 Å². The Hall–Kier alpha value is -4.02. The van der Waals surface area contributed by atoms with E-state index in [1.807, 2.05) is 12.1 Å². The summed E-state index contributed by atoms with van der Waals surface area (Å²) in [7, 11) is 0. The summed E-state index contributed by atoms with van der Waals surface area (Å²) in [6.07, 6.45) is 4.05. The minimum Gasteiger partial charge on any atom is -0.366 e. The summed E-state index contributed by atoms with van der Waals surface area (Å²) in [5.74, 6) is 0.316. The standard InChI is InChI=1S/C22H23FN8O2/c1-13(11-23)26-21(32)17-2-3-18-20(27-17)31(15-6-9-30(18)12-15)22(33)28-19-10-14(4-7-24-19)16-5-8-25-29-16/h2-5,7-8,10,13,15H,6,9,11-12H2,1H3,(H,25,29)(H,26,32)(H,24,28,33)/t13-,15+/m1/s1. The summed E-state index contributed by atoms with van der Waals surface area (Å²) in [5.41, 5.74) is 2.56. The molecule has 1 saturated heterocycles. The van der Waals surface area contributed by atoms with E-state index in [4.69, 9.17) is 0 Å². The maximum Gasteiger partial charge on any atom is 0.329 e. The molecule has 0 aromatic carbocycles. The molecule has 5 rings (SSSR count). The Morgan fingerprint density at radius 1 is 1.27 bits per heavy atom. The fraction of sp³-hybridized carbons (Fsp3) is 0.318. The van der Waals surface area contributed by atoms with Gasteiger partial charge >= 0.3 is 6.03 Å². The molecule has 10 nitrogen and oxygen atoms in total. The first-order valence-electron chi connectivity index (χ1n) is 10.7. The molecule has 1 fully saturated rings. The number of rotatable bonds is 5. The highest BCUT2D eigenvalue weighted by Crippen LogP contribution is 2.39. The van der Waals surface area contributed by atoms with E-state index in [2.05, 4.69) is 35.7 Å². The molecular weight excluding hydrogens is 427 g/mol. The summed E-state index contributed by atoms with van der Waals surface area (Å²) < 4.78 is 12.8. The highest BCUT2D eigenvalue weighted by molar-refractivity contribution is 6.05. The smallest absolute Gasteiger partial charge is 0.329 e. The lowest BCUT2D eigenvalue weighted by atomic mass is 10.1. The van der Waals surface area contributed by atoms with Crippen LogP contribution in [0.1, 0.15) is 23.8 Å². The van der Waals surface area contributed by atoms with Crippen LogP contribution in [0.25, 0.3) is 11.3 Å². The third-order valence-corrected chi connectivity index (χ3v) is 5.82. The van der Waals surface area contributed by atoms with Crippen molar-refractivity contribution in [1.82, 2.24) is 25.5 Å². The maximum absolute atomic E-state index is 13.4. The van der Waals surface area contributed by atoms with E-state index in [0.29, 0.717) is 18.2 Å². The molecule has 3 N–H and O–H groups in total. The number of halogens is 1. The lowest BCUT2D eigenvalue weighted by Crippen LogP contribution is -2.48. The molecule has 0 saturated carbocycles. The predicted octanol–water partition coefficient (Wildman–Crippen LogP) is 2.59. The molecule has 0 aliphatic carbocycles. The van der Waals surface area contributed by atoms with Crippen molar-refractivity contribution in [1.29, 1.82) is 0 Å². The van der Waals surface area contributed by atoms with Crippen LogP contribution in [0.3, 0.4) is 0 Å². The number of nitrogens with one attached hydrogen (secondary N) is 3. The molecule has 2 bridgehead atoms. The van der Waals surface area contributed by atoms with Gasteiger partial charge in [0.15, 0.2) is 5.82 Å². The van der Waals surface area contributed by atoms with Gasteiger partial charge < -0.3 is 10.2 Å². The van der Waals surface area contributed by atoms with Gasteiger partial charge in [-0.3, -0.25) is 20.1 Å². The number of aromatic nitrogens is 4. The van der Waals surface area contributed by atoms with Gasteiger partial charge in [0, 0.05) is 31.0 Å². The number of pyridine rings is 2. The van der Waals surface area contributed by atoms with Crippen molar-refractivity contribution in [2.45, 2.75) is 25.4 Å². The van der Waals surface area contributed by atoms with E-state index < -0.39 is 18.6 Å². The number of H-pyrrole nitrogens is 1. The monoisotopic (exact) mass is 450 g/mol. The molecule has 170 valence electrons. The van der Waals surface area contributed by atoms with Gasteiger partial charge in [-0.2, -0.15) is 5.10 Å². The van der Waals surface area contributed by atoms with Gasteiger partial charge in [0.2, 0.25) is 0 Å². The fourth-order valence-electron chi connectivity index (χ4n) is 4.19. The molecule has 33 heavy (non-hydrogen) atoms. The summed E-state index contributed by atoms with van der Waals surface area (Å²) in [6.45, 7) is 2.38. The predicted molar refractivity (Wildman–Crippen MR) is 121 cm³/mol. The first-order chi connectivity index (χ1) is 16.0. The number of alkyl halides is 1. The van der Waals surface area contributed by atoms with Crippen LogP contribution in [0.5, 0.6) is 0 Å². The van der Waals surface area contributed by atoms with Crippen LogP contribution in [0, 0.1) is 0 Å². The molecule has 2 aliphatic rings. The normalized spacial score (nSPS) is 17.5. The highest BCUT2D eigenvalue weighted by Gasteiger charge is 2.40. The summed E-state index contributed by atoms with van der Waals surface area (Å²) >= 11 is 0. The number of urea groups is 1. The number of carbonyl (C=O) groups excluding carboxylic acids is 2. The number of fused-ring (bicyclic) bond motifs is 4. The van der Waals surface area contributed by atoms with Crippen molar-refractivity contribution >= 4 is 29.3 Å². The number of aromatic amines is 1. The van der Waals surface area contributed by atoms with Gasteiger partial charge in [-0.05, 0) is 43.7 Å². The van der Waals surface area contributed by atoms with Gasteiger partial charge in [0.1, 0.15) is 18.2 Å². The lowest BCUT2D eigenvalue weighted by molar-refractivity contribution is 0.0929. The third-order valence-electron chi connectivity index (χ3n) is 5.82. The van der Waals surface area contributed by atoms with E-state index >= 15 is 0 Å². The van der Waals surface area contributed by atoms with E-state index in [1.165, 1.54) is 0 Å². The topological polar surface area (TPSA) is 119 Å². The second kappa shape index (κ2) is 8.49. The largest absolute Gasteiger partial charge is 0.366 e. The zero-order chi connectivity index (χ0) is 22.9. The average molecular weight is 450 g/mol. The van der Waals surface area contributed by atoms with Crippen LogP contribution >= 0.6 is 0 Å². The molecule has 0 radical (unpaired) electrons. The number of anilines is 3. The number of hydrogen-bond donors (Lipinski definition) is 3. The van der Waals surface area contributed by atoms with Crippen LogP contribution in [-0.4, -0.2) is 64.0 Å². The van der Waals surface area contributed by atoms with Crippen LogP contribution in [0.15, 0.2) is 42.7 Å². The second-order valence-electron chi connectivity index (χ2n) is 8.16. The number of amides is 3. The van der Waals surface area contributed by atoms with Crippen LogP contribution in [0.4, 0.5) is 26.5 Å². The number of hydrogen-bond acceptors (Lipinski definition) is 6. The molecule has 3 aromatic heterocycles. The highest BCUT2D eigenvalue weighted by atomic mass is 19.1. The van der Waals surface area contributed by atoms with Gasteiger partial charge in [-0.25, -0.2) is 19.2 Å². The molecule has 0 spiro atoms. The molecule has 0 unspecified atom stereocenters. The quantitative estimate of drug-likeness (QED) is 0.550. The zero-order valence-electron chi connectivity index (χ0n) is 18.0. The molecule has 2 aliphatic heterocycles. The summed E-state index contributed by atoms with van der Waals surface area (Å²) in [5, 5.41) is 12.3. The minimum absolute atomic E-state index is 0.0798. The van der Waals surface area contributed by atoms with Crippen molar-refractivity contribution in [3.05, 3.63) is 48.4 Å². The van der Waals surface area contributed by atoms with Gasteiger partial charge in [-0.1, -0.05) is 0 Å². The Kier molecular flexibility index (Phi) is 5.37. The molecule has 5 heterocycles. The average Bonchev–Trinajstić information content (AvgIpc) is 3.50. The fourth-order valence-corrected chi connectivity index (χ4v) is 4.19. The van der Waals surface area contributed by atoms with Crippen molar-refractivity contribution < 1.29 is 14.0 Å². The lowest BCUT2D eigenvalue weighted by Gasteiger charge is -2.35. The SMILES string of the molecule is C[C@H](CF)NC(=O)c1ccc2c(n1)N(C(=O)Nc1cc(-c3ccn[nH]3)ccn1)[C@H]1CCN2C1. The Morgan fingerprint density at radius 2 is 2.15 bits per heavy atom. The molecule has 2 atom stereocenters. The molecule has 11 heteroatoms. The summed E-state index contributed by atoms with van der Waals surface area (Å²) in [4.78, 5) is 38.4. The Labute approximate surface area is 189 Å². The van der Waals surface area contributed by atoms with Crippen LogP contribution in [0.2, 0.25) is 0 Å². The zero-order valence-corrected chi connectivity index (χ0v) is 18.0. The molecule has 3 amide bonds. The van der Waals surface area contributed by atoms with E-state index in [-0.39, 0.29) is 17.8 Å².